The van der Waals surface area contributed by atoms with E-state index in [-0.39, 0.29) is 10.6 Å². The first-order valence-electron chi connectivity index (χ1n) is 5.68. The third kappa shape index (κ3) is 2.78. The summed E-state index contributed by atoms with van der Waals surface area (Å²) in [5, 5.41) is 0.275. The topological polar surface area (TPSA) is 26.0 Å². The van der Waals surface area contributed by atoms with Crippen LogP contribution >= 0.6 is 11.6 Å². The van der Waals surface area contributed by atoms with Crippen LogP contribution in [0.15, 0.2) is 42.5 Å². The van der Waals surface area contributed by atoms with Crippen LogP contribution in [-0.4, -0.2) is 0 Å². The average Bonchev–Trinajstić information content (AvgIpc) is 2.37. The van der Waals surface area contributed by atoms with E-state index in [9.17, 15) is 17.6 Å². The predicted octanol–water partition coefficient (Wildman–Crippen LogP) is 4.55. The van der Waals surface area contributed by atoms with E-state index in [1.807, 2.05) is 0 Å². The lowest BCUT2D eigenvalue weighted by Crippen LogP contribution is -2.17. The molecule has 0 aliphatic carbocycles. The first-order valence-corrected chi connectivity index (χ1v) is 6.05. The molecule has 2 N–H and O–H groups in total. The maximum absolute atomic E-state index is 14.0. The van der Waals surface area contributed by atoms with Gasteiger partial charge >= 0.3 is 6.18 Å². The molecule has 0 saturated carbocycles. The van der Waals surface area contributed by atoms with Gasteiger partial charge < -0.3 is 5.73 Å². The lowest BCUT2D eigenvalue weighted by atomic mass is 9.97. The Hall–Kier alpha value is -1.59. The molecular formula is C14H10ClF4N. The molecule has 0 amide bonds. The zero-order valence-corrected chi connectivity index (χ0v) is 10.8. The fourth-order valence-electron chi connectivity index (χ4n) is 1.90. The van der Waals surface area contributed by atoms with Crippen LogP contribution in [0, 0.1) is 5.82 Å². The van der Waals surface area contributed by atoms with Gasteiger partial charge in [0.25, 0.3) is 0 Å². The van der Waals surface area contributed by atoms with Crippen molar-refractivity contribution in [1.29, 1.82) is 0 Å². The van der Waals surface area contributed by atoms with Crippen LogP contribution in [0.1, 0.15) is 22.7 Å². The van der Waals surface area contributed by atoms with Gasteiger partial charge in [-0.05, 0) is 17.7 Å². The highest BCUT2D eigenvalue weighted by atomic mass is 35.5. The molecule has 0 heterocycles. The van der Waals surface area contributed by atoms with Crippen LogP contribution in [0.4, 0.5) is 17.6 Å². The minimum Gasteiger partial charge on any atom is -0.320 e. The molecule has 2 aromatic carbocycles. The Morgan fingerprint density at radius 3 is 2.15 bits per heavy atom. The van der Waals surface area contributed by atoms with Crippen LogP contribution in [0.3, 0.4) is 0 Å². The number of halogens is 5. The van der Waals surface area contributed by atoms with E-state index in [1.54, 1.807) is 24.3 Å². The summed E-state index contributed by atoms with van der Waals surface area (Å²) in [4.78, 5) is 0. The smallest absolute Gasteiger partial charge is 0.320 e. The second-order valence-corrected chi connectivity index (χ2v) is 4.61. The number of hydrogen-bond acceptors (Lipinski definition) is 1. The highest BCUT2D eigenvalue weighted by molar-refractivity contribution is 6.31. The molecule has 2 rings (SSSR count). The lowest BCUT2D eigenvalue weighted by Gasteiger charge is -2.17. The molecule has 0 bridgehead atoms. The largest absolute Gasteiger partial charge is 0.419 e. The van der Waals surface area contributed by atoms with Crippen molar-refractivity contribution in [2.24, 2.45) is 5.73 Å². The minimum absolute atomic E-state index is 0.243. The van der Waals surface area contributed by atoms with Crippen molar-refractivity contribution in [2.75, 3.05) is 0 Å². The Bertz CT molecular complexity index is 625. The van der Waals surface area contributed by atoms with Gasteiger partial charge in [-0.2, -0.15) is 13.2 Å². The van der Waals surface area contributed by atoms with Crippen LogP contribution in [0.25, 0.3) is 0 Å². The van der Waals surface area contributed by atoms with E-state index in [2.05, 4.69) is 0 Å². The van der Waals surface area contributed by atoms with Gasteiger partial charge in [0, 0.05) is 10.6 Å². The zero-order valence-electron chi connectivity index (χ0n) is 10.1. The summed E-state index contributed by atoms with van der Waals surface area (Å²) in [6, 6.07) is 8.34. The Kier molecular flexibility index (Phi) is 4.01. The maximum Gasteiger partial charge on any atom is 0.419 e. The molecule has 2 aromatic rings. The monoisotopic (exact) mass is 303 g/mol. The second-order valence-electron chi connectivity index (χ2n) is 4.21. The average molecular weight is 304 g/mol. The van der Waals surface area contributed by atoms with E-state index >= 15 is 0 Å². The van der Waals surface area contributed by atoms with Crippen LogP contribution in [-0.2, 0) is 6.18 Å². The Morgan fingerprint density at radius 2 is 1.55 bits per heavy atom. The lowest BCUT2D eigenvalue weighted by molar-refractivity contribution is -0.140. The molecule has 1 unspecified atom stereocenters. The first kappa shape index (κ1) is 14.8. The van der Waals surface area contributed by atoms with E-state index < -0.39 is 23.6 Å². The van der Waals surface area contributed by atoms with Crippen molar-refractivity contribution >= 4 is 11.6 Å². The zero-order chi connectivity index (χ0) is 14.9. The molecule has 0 spiro atoms. The van der Waals surface area contributed by atoms with Gasteiger partial charge in [-0.25, -0.2) is 4.39 Å². The van der Waals surface area contributed by atoms with E-state index in [0.29, 0.717) is 11.6 Å². The van der Waals surface area contributed by atoms with Gasteiger partial charge in [-0.15, -0.1) is 0 Å². The van der Waals surface area contributed by atoms with Gasteiger partial charge in [0.1, 0.15) is 5.82 Å². The molecular weight excluding hydrogens is 294 g/mol. The fraction of sp³-hybridized carbons (Fsp3) is 0.143. The molecule has 0 radical (unpaired) electrons. The van der Waals surface area contributed by atoms with Gasteiger partial charge in [-0.3, -0.25) is 0 Å². The molecule has 1 atom stereocenters. The molecule has 1 nitrogen and oxygen atoms in total. The third-order valence-corrected chi connectivity index (χ3v) is 3.25. The molecule has 0 aliphatic rings. The van der Waals surface area contributed by atoms with Gasteiger partial charge in [0.15, 0.2) is 0 Å². The van der Waals surface area contributed by atoms with Crippen molar-refractivity contribution in [2.45, 2.75) is 12.2 Å². The molecule has 20 heavy (non-hydrogen) atoms. The summed E-state index contributed by atoms with van der Waals surface area (Å²) in [6.45, 7) is 0. The maximum atomic E-state index is 14.0. The summed E-state index contributed by atoms with van der Waals surface area (Å²) in [6.07, 6.45) is -4.76. The first-order chi connectivity index (χ1) is 9.32. The Labute approximate surface area is 118 Å². The van der Waals surface area contributed by atoms with Gasteiger partial charge in [0.2, 0.25) is 0 Å². The summed E-state index contributed by atoms with van der Waals surface area (Å²) in [7, 11) is 0. The number of nitrogens with two attached hydrogens (primary N) is 1. The molecule has 0 aromatic heterocycles. The van der Waals surface area contributed by atoms with E-state index in [1.165, 1.54) is 6.07 Å². The van der Waals surface area contributed by atoms with Crippen molar-refractivity contribution in [3.05, 3.63) is 70.0 Å². The Balaban J connectivity index is 2.52. The van der Waals surface area contributed by atoms with Gasteiger partial charge in [0.05, 0.1) is 11.6 Å². The molecule has 0 fully saturated rings. The highest BCUT2D eigenvalue weighted by Gasteiger charge is 2.35. The number of hydrogen-bond donors (Lipinski definition) is 1. The van der Waals surface area contributed by atoms with Crippen LogP contribution in [0.5, 0.6) is 0 Å². The fourth-order valence-corrected chi connectivity index (χ4v) is 2.16. The van der Waals surface area contributed by atoms with Crippen molar-refractivity contribution in [1.82, 2.24) is 0 Å². The highest BCUT2D eigenvalue weighted by Crippen LogP contribution is 2.35. The van der Waals surface area contributed by atoms with Crippen LogP contribution < -0.4 is 5.73 Å². The molecule has 0 aliphatic heterocycles. The van der Waals surface area contributed by atoms with Crippen molar-refractivity contribution in [3.8, 4) is 0 Å². The van der Waals surface area contributed by atoms with Gasteiger partial charge in [-0.1, -0.05) is 41.9 Å². The summed E-state index contributed by atoms with van der Waals surface area (Å²) < 4.78 is 52.0. The summed E-state index contributed by atoms with van der Waals surface area (Å²) >= 11 is 5.93. The normalized spacial score (nSPS) is 13.3. The summed E-state index contributed by atoms with van der Waals surface area (Å²) in [5.41, 5.74) is 4.63. The SMILES string of the molecule is NC(c1ccccc1Cl)c1cccc(C(F)(F)F)c1F. The van der Waals surface area contributed by atoms with Crippen molar-refractivity contribution < 1.29 is 17.6 Å². The van der Waals surface area contributed by atoms with Crippen molar-refractivity contribution in [3.63, 3.8) is 0 Å². The summed E-state index contributed by atoms with van der Waals surface area (Å²) in [5.74, 6) is -1.37. The number of benzene rings is 2. The van der Waals surface area contributed by atoms with Crippen LogP contribution in [0.2, 0.25) is 5.02 Å². The second kappa shape index (κ2) is 5.42. The number of rotatable bonds is 2. The molecule has 0 saturated heterocycles. The third-order valence-electron chi connectivity index (χ3n) is 2.91. The minimum atomic E-state index is -4.76. The standard InChI is InChI=1S/C14H10ClF4N/c15-11-7-2-1-4-8(11)13(20)9-5-3-6-10(12(9)16)14(17,18)19/h1-7,13H,20H2. The Morgan fingerprint density at radius 1 is 0.950 bits per heavy atom. The molecule has 106 valence electrons. The van der Waals surface area contributed by atoms with E-state index in [4.69, 9.17) is 17.3 Å². The quantitative estimate of drug-likeness (QED) is 0.810. The molecule has 6 heteroatoms. The number of alkyl halides is 3. The van der Waals surface area contributed by atoms with E-state index in [0.717, 1.165) is 6.07 Å². The predicted molar refractivity (Wildman–Crippen MR) is 68.9 cm³/mol.